The number of carbonyl (C=O) groups is 2. The molecule has 6 heteroatoms. The SMILES string of the molecule is CCNc1ncccc1CN1CC(=O)NC(=O)C1. The van der Waals surface area contributed by atoms with Crippen LogP contribution in [0, 0.1) is 0 Å². The van der Waals surface area contributed by atoms with Crippen LogP contribution >= 0.6 is 0 Å². The van der Waals surface area contributed by atoms with Crippen molar-refractivity contribution in [2.24, 2.45) is 0 Å². The zero-order valence-corrected chi connectivity index (χ0v) is 10.3. The lowest BCUT2D eigenvalue weighted by Crippen LogP contribution is -2.50. The van der Waals surface area contributed by atoms with Gasteiger partial charge in [0.1, 0.15) is 5.82 Å². The molecule has 2 heterocycles. The predicted molar refractivity (Wildman–Crippen MR) is 66.8 cm³/mol. The minimum Gasteiger partial charge on any atom is -0.370 e. The van der Waals surface area contributed by atoms with Crippen molar-refractivity contribution in [3.8, 4) is 0 Å². The quantitative estimate of drug-likeness (QED) is 0.732. The molecule has 0 bridgehead atoms. The Hall–Kier alpha value is -1.95. The summed E-state index contributed by atoms with van der Waals surface area (Å²) in [5.41, 5.74) is 0.988. The van der Waals surface area contributed by atoms with Gasteiger partial charge in [0.15, 0.2) is 0 Å². The molecule has 96 valence electrons. The fraction of sp³-hybridized carbons (Fsp3) is 0.417. The van der Waals surface area contributed by atoms with E-state index in [1.54, 1.807) is 11.1 Å². The summed E-state index contributed by atoms with van der Waals surface area (Å²) in [6, 6.07) is 3.80. The highest BCUT2D eigenvalue weighted by Crippen LogP contribution is 2.14. The summed E-state index contributed by atoms with van der Waals surface area (Å²) in [5, 5.41) is 5.45. The number of rotatable bonds is 4. The fourth-order valence-electron chi connectivity index (χ4n) is 1.94. The van der Waals surface area contributed by atoms with E-state index in [1.165, 1.54) is 0 Å². The number of anilines is 1. The fourth-order valence-corrected chi connectivity index (χ4v) is 1.94. The van der Waals surface area contributed by atoms with Gasteiger partial charge in [-0.15, -0.1) is 0 Å². The summed E-state index contributed by atoms with van der Waals surface area (Å²) in [4.78, 5) is 28.6. The van der Waals surface area contributed by atoms with E-state index in [4.69, 9.17) is 0 Å². The van der Waals surface area contributed by atoms with E-state index >= 15 is 0 Å². The standard InChI is InChI=1S/C12H16N4O2/c1-2-13-12-9(4-3-5-14-12)6-16-7-10(17)15-11(18)8-16/h3-5H,2,6-8H2,1H3,(H,13,14)(H,15,17,18). The Morgan fingerprint density at radius 2 is 2.11 bits per heavy atom. The number of hydrogen-bond acceptors (Lipinski definition) is 5. The van der Waals surface area contributed by atoms with Gasteiger partial charge in [-0.3, -0.25) is 19.8 Å². The Kier molecular flexibility index (Phi) is 3.88. The molecule has 1 saturated heterocycles. The molecule has 2 rings (SSSR count). The number of carbonyl (C=O) groups excluding carboxylic acids is 2. The van der Waals surface area contributed by atoms with Crippen LogP contribution in [0.5, 0.6) is 0 Å². The predicted octanol–water partition coefficient (Wildman–Crippen LogP) is -0.0282. The van der Waals surface area contributed by atoms with Gasteiger partial charge in [0.25, 0.3) is 0 Å². The lowest BCUT2D eigenvalue weighted by molar-refractivity contribution is -0.136. The zero-order chi connectivity index (χ0) is 13.0. The Morgan fingerprint density at radius 3 is 2.78 bits per heavy atom. The van der Waals surface area contributed by atoms with Crippen LogP contribution in [0.2, 0.25) is 0 Å². The average molecular weight is 248 g/mol. The summed E-state index contributed by atoms with van der Waals surface area (Å²) in [7, 11) is 0. The lowest BCUT2D eigenvalue weighted by Gasteiger charge is -2.25. The maximum Gasteiger partial charge on any atom is 0.240 e. The van der Waals surface area contributed by atoms with E-state index in [-0.39, 0.29) is 24.9 Å². The molecule has 1 aliphatic rings. The molecule has 0 saturated carbocycles. The normalized spacial score (nSPS) is 16.5. The maximum absolute atomic E-state index is 11.3. The van der Waals surface area contributed by atoms with Gasteiger partial charge in [0, 0.05) is 24.8 Å². The highest BCUT2D eigenvalue weighted by Gasteiger charge is 2.22. The van der Waals surface area contributed by atoms with E-state index in [0.29, 0.717) is 6.54 Å². The van der Waals surface area contributed by atoms with Crippen molar-refractivity contribution >= 4 is 17.6 Å². The summed E-state index contributed by atoms with van der Waals surface area (Å²) in [6.45, 7) is 3.80. The Labute approximate surface area is 105 Å². The number of nitrogens with one attached hydrogen (secondary N) is 2. The van der Waals surface area contributed by atoms with Crippen LogP contribution in [0.4, 0.5) is 5.82 Å². The van der Waals surface area contributed by atoms with Crippen LogP contribution in [-0.4, -0.2) is 41.3 Å². The molecule has 2 N–H and O–H groups in total. The summed E-state index contributed by atoms with van der Waals surface area (Å²) < 4.78 is 0. The van der Waals surface area contributed by atoms with Gasteiger partial charge in [-0.05, 0) is 13.0 Å². The van der Waals surface area contributed by atoms with Gasteiger partial charge in [-0.2, -0.15) is 0 Å². The van der Waals surface area contributed by atoms with Crippen molar-refractivity contribution in [1.29, 1.82) is 0 Å². The van der Waals surface area contributed by atoms with Gasteiger partial charge in [0.2, 0.25) is 11.8 Å². The number of imide groups is 1. The highest BCUT2D eigenvalue weighted by atomic mass is 16.2. The van der Waals surface area contributed by atoms with Crippen molar-refractivity contribution in [3.05, 3.63) is 23.9 Å². The first-order chi connectivity index (χ1) is 8.69. The third-order valence-electron chi connectivity index (χ3n) is 2.64. The number of pyridine rings is 1. The molecular formula is C12H16N4O2. The van der Waals surface area contributed by atoms with E-state index in [2.05, 4.69) is 15.6 Å². The Bertz CT molecular complexity index is 445. The summed E-state index contributed by atoms with van der Waals surface area (Å²) in [6.07, 6.45) is 1.72. The van der Waals surface area contributed by atoms with Crippen molar-refractivity contribution in [2.45, 2.75) is 13.5 Å². The number of nitrogens with zero attached hydrogens (tertiary/aromatic N) is 2. The second-order valence-electron chi connectivity index (χ2n) is 4.16. The van der Waals surface area contributed by atoms with Crippen molar-refractivity contribution in [3.63, 3.8) is 0 Å². The van der Waals surface area contributed by atoms with E-state index in [1.807, 2.05) is 19.1 Å². The monoisotopic (exact) mass is 248 g/mol. The third-order valence-corrected chi connectivity index (χ3v) is 2.64. The van der Waals surface area contributed by atoms with Crippen molar-refractivity contribution in [2.75, 3.05) is 25.0 Å². The third kappa shape index (κ3) is 3.04. The van der Waals surface area contributed by atoms with E-state index < -0.39 is 0 Å². The summed E-state index contributed by atoms with van der Waals surface area (Å²) in [5.74, 6) is 0.304. The minimum absolute atomic E-state index is 0.242. The van der Waals surface area contributed by atoms with Crippen LogP contribution < -0.4 is 10.6 Å². The van der Waals surface area contributed by atoms with Crippen LogP contribution in [0.3, 0.4) is 0 Å². The Balaban J connectivity index is 2.08. The van der Waals surface area contributed by atoms with Crippen LogP contribution in [0.1, 0.15) is 12.5 Å². The number of piperazine rings is 1. The second kappa shape index (κ2) is 5.59. The molecule has 0 aromatic carbocycles. The van der Waals surface area contributed by atoms with Gasteiger partial charge in [-0.25, -0.2) is 4.98 Å². The first-order valence-corrected chi connectivity index (χ1v) is 5.92. The maximum atomic E-state index is 11.3. The largest absolute Gasteiger partial charge is 0.370 e. The number of aromatic nitrogens is 1. The smallest absolute Gasteiger partial charge is 0.240 e. The molecule has 18 heavy (non-hydrogen) atoms. The molecule has 2 amide bonds. The second-order valence-corrected chi connectivity index (χ2v) is 4.16. The van der Waals surface area contributed by atoms with Gasteiger partial charge in [-0.1, -0.05) is 6.07 Å². The molecule has 0 atom stereocenters. The molecule has 6 nitrogen and oxygen atoms in total. The van der Waals surface area contributed by atoms with Gasteiger partial charge < -0.3 is 5.32 Å². The Morgan fingerprint density at radius 1 is 1.39 bits per heavy atom. The van der Waals surface area contributed by atoms with E-state index in [0.717, 1.165) is 17.9 Å². The molecule has 0 radical (unpaired) electrons. The van der Waals surface area contributed by atoms with Crippen molar-refractivity contribution < 1.29 is 9.59 Å². The molecule has 1 fully saturated rings. The van der Waals surface area contributed by atoms with Crippen LogP contribution in [0.25, 0.3) is 0 Å². The molecule has 1 aliphatic heterocycles. The molecule has 1 aromatic rings. The van der Waals surface area contributed by atoms with Gasteiger partial charge >= 0.3 is 0 Å². The number of amides is 2. The van der Waals surface area contributed by atoms with Gasteiger partial charge in [0.05, 0.1) is 13.1 Å². The summed E-state index contributed by atoms with van der Waals surface area (Å²) >= 11 is 0. The molecule has 0 unspecified atom stereocenters. The first kappa shape index (κ1) is 12.5. The van der Waals surface area contributed by atoms with Crippen LogP contribution in [0.15, 0.2) is 18.3 Å². The molecular weight excluding hydrogens is 232 g/mol. The molecule has 0 spiro atoms. The number of hydrogen-bond donors (Lipinski definition) is 2. The van der Waals surface area contributed by atoms with Crippen LogP contribution in [-0.2, 0) is 16.1 Å². The molecule has 0 aliphatic carbocycles. The zero-order valence-electron chi connectivity index (χ0n) is 10.3. The highest BCUT2D eigenvalue weighted by molar-refractivity contribution is 5.99. The minimum atomic E-state index is -0.250. The average Bonchev–Trinajstić information content (AvgIpc) is 2.30. The lowest BCUT2D eigenvalue weighted by atomic mass is 10.2. The van der Waals surface area contributed by atoms with E-state index in [9.17, 15) is 9.59 Å². The topological polar surface area (TPSA) is 74.3 Å². The van der Waals surface area contributed by atoms with Crippen molar-refractivity contribution in [1.82, 2.24) is 15.2 Å². The first-order valence-electron chi connectivity index (χ1n) is 5.92. The molecule has 1 aromatic heterocycles.